The maximum Gasteiger partial charge on any atom is 0.408 e. The summed E-state index contributed by atoms with van der Waals surface area (Å²) in [5.74, 6) is 0.345. The van der Waals surface area contributed by atoms with Crippen molar-refractivity contribution in [1.29, 1.82) is 0 Å². The van der Waals surface area contributed by atoms with Gasteiger partial charge in [-0.1, -0.05) is 27.7 Å². The second-order valence-corrected chi connectivity index (χ2v) is 7.18. The van der Waals surface area contributed by atoms with Gasteiger partial charge in [0.15, 0.2) is 0 Å². The van der Waals surface area contributed by atoms with Crippen molar-refractivity contribution in [2.24, 2.45) is 11.8 Å². The van der Waals surface area contributed by atoms with Gasteiger partial charge in [-0.05, 0) is 45.4 Å². The summed E-state index contributed by atoms with van der Waals surface area (Å²) in [4.78, 5) is 23.9. The van der Waals surface area contributed by atoms with Gasteiger partial charge in [0.2, 0.25) is 0 Å². The highest BCUT2D eigenvalue weighted by Gasteiger charge is 2.26. The molecule has 0 aliphatic carbocycles. The minimum Gasteiger partial charge on any atom is -0.464 e. The zero-order valence-corrected chi connectivity index (χ0v) is 14.5. The van der Waals surface area contributed by atoms with E-state index in [1.54, 1.807) is 20.8 Å². The van der Waals surface area contributed by atoms with Gasteiger partial charge in [-0.2, -0.15) is 0 Å². The van der Waals surface area contributed by atoms with E-state index in [-0.39, 0.29) is 5.92 Å². The molecule has 1 amide bonds. The van der Waals surface area contributed by atoms with E-state index in [0.717, 1.165) is 6.42 Å². The monoisotopic (exact) mass is 301 g/mol. The van der Waals surface area contributed by atoms with Crippen LogP contribution in [-0.4, -0.2) is 30.3 Å². The molecule has 0 rings (SSSR count). The van der Waals surface area contributed by atoms with E-state index >= 15 is 0 Å². The second-order valence-electron chi connectivity index (χ2n) is 7.18. The number of hydrogen-bond donors (Lipinski definition) is 1. The first-order valence-corrected chi connectivity index (χ1v) is 7.67. The molecule has 0 saturated carbocycles. The minimum atomic E-state index is -0.660. The zero-order chi connectivity index (χ0) is 16.6. The summed E-state index contributed by atoms with van der Waals surface area (Å²) in [7, 11) is 0. The molecule has 0 saturated heterocycles. The molecule has 0 aromatic rings. The van der Waals surface area contributed by atoms with Crippen LogP contribution in [0.4, 0.5) is 4.79 Å². The van der Waals surface area contributed by atoms with Crippen LogP contribution in [0, 0.1) is 11.8 Å². The second kappa shape index (κ2) is 8.90. The van der Waals surface area contributed by atoms with Crippen LogP contribution in [0.5, 0.6) is 0 Å². The van der Waals surface area contributed by atoms with Crippen molar-refractivity contribution in [2.45, 2.75) is 73.0 Å². The van der Waals surface area contributed by atoms with Gasteiger partial charge in [-0.15, -0.1) is 0 Å². The van der Waals surface area contributed by atoms with Crippen LogP contribution in [0.3, 0.4) is 0 Å². The van der Waals surface area contributed by atoms with Crippen LogP contribution < -0.4 is 5.32 Å². The summed E-state index contributed by atoms with van der Waals surface area (Å²) in [6.07, 6.45) is 0.751. The quantitative estimate of drug-likeness (QED) is 0.731. The first kappa shape index (κ1) is 19.7. The molecular formula is C16H31NO4. The molecule has 124 valence electrons. The van der Waals surface area contributed by atoms with E-state index in [2.05, 4.69) is 19.2 Å². The molecule has 0 bridgehead atoms. The molecular weight excluding hydrogens is 270 g/mol. The van der Waals surface area contributed by atoms with E-state index in [9.17, 15) is 9.59 Å². The predicted octanol–water partition coefficient (Wildman–Crippen LogP) is 3.52. The van der Waals surface area contributed by atoms with Crippen LogP contribution in [0.1, 0.15) is 61.3 Å². The minimum absolute atomic E-state index is 0.266. The molecule has 0 radical (unpaired) electrons. The highest BCUT2D eigenvalue weighted by atomic mass is 16.6. The number of alkyl carbamates (subject to hydrolysis) is 1. The Morgan fingerprint density at radius 2 is 1.62 bits per heavy atom. The maximum atomic E-state index is 12.1. The summed E-state index contributed by atoms with van der Waals surface area (Å²) in [5, 5.41) is 2.61. The van der Waals surface area contributed by atoms with Crippen LogP contribution in [-0.2, 0) is 14.3 Å². The zero-order valence-electron chi connectivity index (χ0n) is 14.5. The van der Waals surface area contributed by atoms with Crippen LogP contribution >= 0.6 is 0 Å². The molecule has 21 heavy (non-hydrogen) atoms. The van der Waals surface area contributed by atoms with Gasteiger partial charge < -0.3 is 14.8 Å². The van der Waals surface area contributed by atoms with Gasteiger partial charge in [0.1, 0.15) is 11.6 Å². The van der Waals surface area contributed by atoms with Crippen molar-refractivity contribution in [2.75, 3.05) is 6.61 Å². The first-order valence-electron chi connectivity index (χ1n) is 7.67. The van der Waals surface area contributed by atoms with Crippen LogP contribution in [0.25, 0.3) is 0 Å². The highest BCUT2D eigenvalue weighted by Crippen LogP contribution is 2.11. The summed E-state index contributed by atoms with van der Waals surface area (Å²) in [6.45, 7) is 13.8. The fourth-order valence-electron chi connectivity index (χ4n) is 1.63. The van der Waals surface area contributed by atoms with Crippen LogP contribution in [0.2, 0.25) is 0 Å². The molecule has 0 aromatic carbocycles. The summed E-state index contributed by atoms with van der Waals surface area (Å²) >= 11 is 0. The number of amides is 1. The van der Waals surface area contributed by atoms with Gasteiger partial charge >= 0.3 is 12.1 Å². The van der Waals surface area contributed by atoms with Gasteiger partial charge in [0.05, 0.1) is 6.61 Å². The lowest BCUT2D eigenvalue weighted by atomic mass is 10.0. The lowest BCUT2D eigenvalue weighted by Gasteiger charge is -2.23. The average molecular weight is 301 g/mol. The lowest BCUT2D eigenvalue weighted by molar-refractivity contribution is -0.147. The molecule has 5 nitrogen and oxygen atoms in total. The third-order valence-corrected chi connectivity index (χ3v) is 2.62. The number of rotatable bonds is 7. The number of carbonyl (C=O) groups is 2. The van der Waals surface area contributed by atoms with E-state index in [1.807, 2.05) is 13.8 Å². The van der Waals surface area contributed by atoms with Crippen molar-refractivity contribution in [3.05, 3.63) is 0 Å². The standard InChI is InChI=1S/C16H31NO4/c1-11(2)8-9-20-14(18)13(10-12(3)4)17-15(19)21-16(5,6)7/h11-13H,8-10H2,1-7H3,(H,17,19)/t13-/m0/s1. The van der Waals surface area contributed by atoms with E-state index in [0.29, 0.717) is 18.9 Å². The fourth-order valence-corrected chi connectivity index (χ4v) is 1.63. The topological polar surface area (TPSA) is 64.6 Å². The fraction of sp³-hybridized carbons (Fsp3) is 0.875. The Hall–Kier alpha value is -1.26. The molecule has 1 atom stereocenters. The van der Waals surface area contributed by atoms with Gasteiger partial charge in [-0.25, -0.2) is 9.59 Å². The molecule has 0 spiro atoms. The maximum absolute atomic E-state index is 12.1. The smallest absolute Gasteiger partial charge is 0.408 e. The van der Waals surface area contributed by atoms with Crippen LogP contribution in [0.15, 0.2) is 0 Å². The molecule has 5 heteroatoms. The summed E-state index contributed by atoms with van der Waals surface area (Å²) in [5.41, 5.74) is -0.589. The average Bonchev–Trinajstić information content (AvgIpc) is 2.23. The normalized spacial score (nSPS) is 13.2. The van der Waals surface area contributed by atoms with Crippen molar-refractivity contribution < 1.29 is 19.1 Å². The van der Waals surface area contributed by atoms with Crippen molar-refractivity contribution in [1.82, 2.24) is 5.32 Å². The first-order chi connectivity index (χ1) is 9.51. The molecule has 0 heterocycles. The van der Waals surface area contributed by atoms with Gasteiger partial charge in [0.25, 0.3) is 0 Å². The van der Waals surface area contributed by atoms with E-state index in [1.165, 1.54) is 0 Å². The molecule has 0 aromatic heterocycles. The van der Waals surface area contributed by atoms with Crippen molar-refractivity contribution in [3.63, 3.8) is 0 Å². The van der Waals surface area contributed by atoms with E-state index < -0.39 is 23.7 Å². The van der Waals surface area contributed by atoms with Gasteiger partial charge in [0, 0.05) is 0 Å². The third kappa shape index (κ3) is 11.1. The highest BCUT2D eigenvalue weighted by molar-refractivity contribution is 5.81. The summed E-state index contributed by atoms with van der Waals surface area (Å²) < 4.78 is 10.4. The Balaban J connectivity index is 4.50. The Bertz CT molecular complexity index is 332. The molecule has 0 unspecified atom stereocenters. The largest absolute Gasteiger partial charge is 0.464 e. The third-order valence-electron chi connectivity index (χ3n) is 2.62. The number of esters is 1. The summed E-state index contributed by atoms with van der Waals surface area (Å²) in [6, 6.07) is -0.660. The van der Waals surface area contributed by atoms with Crippen molar-refractivity contribution in [3.8, 4) is 0 Å². The number of hydrogen-bond acceptors (Lipinski definition) is 4. The Labute approximate surface area is 128 Å². The Kier molecular flexibility index (Phi) is 8.37. The predicted molar refractivity (Wildman–Crippen MR) is 83.0 cm³/mol. The van der Waals surface area contributed by atoms with Gasteiger partial charge in [-0.3, -0.25) is 0 Å². The Morgan fingerprint density at radius 1 is 1.05 bits per heavy atom. The van der Waals surface area contributed by atoms with Crippen molar-refractivity contribution >= 4 is 12.1 Å². The van der Waals surface area contributed by atoms with E-state index in [4.69, 9.17) is 9.47 Å². The molecule has 0 aliphatic rings. The number of carbonyl (C=O) groups excluding carboxylic acids is 2. The SMILES string of the molecule is CC(C)CCOC(=O)[C@H](CC(C)C)NC(=O)OC(C)(C)C. The Morgan fingerprint density at radius 3 is 2.05 bits per heavy atom. The number of nitrogens with one attached hydrogen (secondary N) is 1. The molecule has 0 fully saturated rings. The molecule has 1 N–H and O–H groups in total. The molecule has 0 aliphatic heterocycles. The lowest BCUT2D eigenvalue weighted by Crippen LogP contribution is -2.45. The number of ether oxygens (including phenoxy) is 2.